The monoisotopic (exact) mass is 353 g/mol. The molecule has 3 N–H and O–H groups in total. The summed E-state index contributed by atoms with van der Waals surface area (Å²) in [7, 11) is 1.29. The molecule has 9 heteroatoms. The smallest absolute Gasteiger partial charge is 0.407 e. The SMILES string of the molecule is COc1c(C(O)CN2CCN(C(=O)O)C[C@H]2CO)ccc(F)c1C#N. The molecule has 1 aliphatic rings. The number of aliphatic hydroxyl groups excluding tert-OH is 2. The lowest BCUT2D eigenvalue weighted by Gasteiger charge is -2.40. The second-order valence-electron chi connectivity index (χ2n) is 5.73. The number of halogens is 1. The van der Waals surface area contributed by atoms with Crippen LogP contribution in [0.2, 0.25) is 0 Å². The summed E-state index contributed by atoms with van der Waals surface area (Å²) in [6.07, 6.45) is -2.15. The second kappa shape index (κ2) is 8.11. The fourth-order valence-corrected chi connectivity index (χ4v) is 2.96. The molecular formula is C16H20FN3O5. The lowest BCUT2D eigenvalue weighted by Crippen LogP contribution is -2.56. The zero-order valence-corrected chi connectivity index (χ0v) is 13.7. The summed E-state index contributed by atoms with van der Waals surface area (Å²) in [6.45, 7) is 0.542. The van der Waals surface area contributed by atoms with Crippen LogP contribution in [0.5, 0.6) is 5.75 Å². The third-order valence-corrected chi connectivity index (χ3v) is 4.31. The van der Waals surface area contributed by atoms with Gasteiger partial charge in [0.1, 0.15) is 23.2 Å². The first-order valence-corrected chi connectivity index (χ1v) is 7.70. The molecule has 0 aromatic heterocycles. The van der Waals surface area contributed by atoms with Crippen LogP contribution in [-0.2, 0) is 0 Å². The summed E-state index contributed by atoms with van der Waals surface area (Å²) in [4.78, 5) is 14.0. The van der Waals surface area contributed by atoms with Crippen molar-refractivity contribution in [2.24, 2.45) is 0 Å². The molecule has 0 bridgehead atoms. The largest absolute Gasteiger partial charge is 0.495 e. The predicted molar refractivity (Wildman–Crippen MR) is 84.7 cm³/mol. The van der Waals surface area contributed by atoms with Crippen LogP contribution in [0.25, 0.3) is 0 Å². The van der Waals surface area contributed by atoms with Crippen molar-refractivity contribution < 1.29 is 29.2 Å². The lowest BCUT2D eigenvalue weighted by atomic mass is 10.0. The van der Waals surface area contributed by atoms with Gasteiger partial charge in [-0.2, -0.15) is 5.26 Å². The fourth-order valence-electron chi connectivity index (χ4n) is 2.96. The van der Waals surface area contributed by atoms with E-state index in [2.05, 4.69) is 0 Å². The van der Waals surface area contributed by atoms with E-state index in [-0.39, 0.29) is 43.1 Å². The molecule has 0 aliphatic carbocycles. The van der Waals surface area contributed by atoms with Gasteiger partial charge >= 0.3 is 6.09 Å². The van der Waals surface area contributed by atoms with E-state index in [1.807, 2.05) is 0 Å². The molecular weight excluding hydrogens is 333 g/mol. The van der Waals surface area contributed by atoms with E-state index in [1.54, 1.807) is 11.0 Å². The Morgan fingerprint density at radius 1 is 1.52 bits per heavy atom. The minimum absolute atomic E-state index is 0.0280. The normalized spacial score (nSPS) is 19.3. The number of rotatable bonds is 5. The molecule has 1 fully saturated rings. The van der Waals surface area contributed by atoms with Gasteiger partial charge in [-0.15, -0.1) is 0 Å². The van der Waals surface area contributed by atoms with E-state index in [0.29, 0.717) is 6.54 Å². The molecule has 8 nitrogen and oxygen atoms in total. The summed E-state index contributed by atoms with van der Waals surface area (Å²) < 4.78 is 18.8. The van der Waals surface area contributed by atoms with Crippen LogP contribution in [0.15, 0.2) is 12.1 Å². The minimum atomic E-state index is -1.09. The summed E-state index contributed by atoms with van der Waals surface area (Å²) in [6, 6.07) is 3.70. The number of methoxy groups -OCH3 is 1. The van der Waals surface area contributed by atoms with Gasteiger partial charge in [0.05, 0.1) is 25.9 Å². The van der Waals surface area contributed by atoms with Crippen LogP contribution in [0.4, 0.5) is 9.18 Å². The molecule has 1 aromatic carbocycles. The van der Waals surface area contributed by atoms with E-state index in [0.717, 1.165) is 6.07 Å². The maximum atomic E-state index is 13.7. The van der Waals surface area contributed by atoms with Gasteiger partial charge in [0.25, 0.3) is 0 Å². The van der Waals surface area contributed by atoms with Crippen molar-refractivity contribution in [3.63, 3.8) is 0 Å². The molecule has 0 saturated carbocycles. The van der Waals surface area contributed by atoms with Gasteiger partial charge in [0, 0.05) is 31.7 Å². The molecule has 1 saturated heterocycles. The Hall–Kier alpha value is -2.41. The first kappa shape index (κ1) is 18.9. The number of aliphatic hydroxyl groups is 2. The maximum Gasteiger partial charge on any atom is 0.407 e. The zero-order valence-electron chi connectivity index (χ0n) is 13.7. The van der Waals surface area contributed by atoms with E-state index in [4.69, 9.17) is 15.1 Å². The van der Waals surface area contributed by atoms with Gasteiger partial charge in [-0.3, -0.25) is 4.90 Å². The molecule has 1 aliphatic heterocycles. The van der Waals surface area contributed by atoms with E-state index < -0.39 is 24.1 Å². The Bertz CT molecular complexity index is 678. The molecule has 2 rings (SSSR count). The van der Waals surface area contributed by atoms with Gasteiger partial charge < -0.3 is 25.0 Å². The number of amides is 1. The van der Waals surface area contributed by atoms with Crippen LogP contribution in [0.1, 0.15) is 17.2 Å². The minimum Gasteiger partial charge on any atom is -0.495 e. The van der Waals surface area contributed by atoms with Crippen LogP contribution in [0.3, 0.4) is 0 Å². The Morgan fingerprint density at radius 3 is 2.80 bits per heavy atom. The Labute approximate surface area is 144 Å². The van der Waals surface area contributed by atoms with Crippen LogP contribution >= 0.6 is 0 Å². The zero-order chi connectivity index (χ0) is 18.6. The van der Waals surface area contributed by atoms with Gasteiger partial charge in [-0.25, -0.2) is 9.18 Å². The highest BCUT2D eigenvalue weighted by atomic mass is 19.1. The molecule has 25 heavy (non-hydrogen) atoms. The third-order valence-electron chi connectivity index (χ3n) is 4.31. The van der Waals surface area contributed by atoms with Crippen LogP contribution in [0, 0.1) is 17.1 Å². The van der Waals surface area contributed by atoms with Crippen molar-refractivity contribution in [2.45, 2.75) is 12.1 Å². The third kappa shape index (κ3) is 3.99. The average Bonchev–Trinajstić information content (AvgIpc) is 2.61. The number of carboxylic acid groups (broad SMARTS) is 1. The van der Waals surface area contributed by atoms with E-state index in [9.17, 15) is 19.4 Å². The highest BCUT2D eigenvalue weighted by Crippen LogP contribution is 2.31. The van der Waals surface area contributed by atoms with Crippen molar-refractivity contribution in [1.29, 1.82) is 5.26 Å². The molecule has 1 unspecified atom stereocenters. The van der Waals surface area contributed by atoms with Gasteiger partial charge in [0.15, 0.2) is 0 Å². The molecule has 1 amide bonds. The number of β-amino-alcohol motifs (C(OH)–C–C–N with tert-alkyl or cyclic N) is 1. The summed E-state index contributed by atoms with van der Waals surface area (Å²) >= 11 is 0. The summed E-state index contributed by atoms with van der Waals surface area (Å²) in [5.74, 6) is -0.765. The number of hydrogen-bond donors (Lipinski definition) is 3. The Morgan fingerprint density at radius 2 is 2.24 bits per heavy atom. The van der Waals surface area contributed by atoms with Crippen molar-refractivity contribution in [2.75, 3.05) is 39.9 Å². The lowest BCUT2D eigenvalue weighted by molar-refractivity contribution is 0.0125. The number of ether oxygens (including phenoxy) is 1. The van der Waals surface area contributed by atoms with Crippen LogP contribution in [-0.4, -0.2) is 77.2 Å². The van der Waals surface area contributed by atoms with Gasteiger partial charge in [0.2, 0.25) is 0 Å². The van der Waals surface area contributed by atoms with Crippen molar-refractivity contribution in [1.82, 2.24) is 9.80 Å². The highest BCUT2D eigenvalue weighted by Gasteiger charge is 2.31. The van der Waals surface area contributed by atoms with Crippen molar-refractivity contribution >= 4 is 6.09 Å². The number of piperazine rings is 1. The predicted octanol–water partition coefficient (Wildman–Crippen LogP) is 0.396. The standard InChI is InChI=1S/C16H20FN3O5/c1-25-15-11(2-3-13(17)12(15)6-18)14(22)8-19-4-5-20(16(23)24)7-10(19)9-21/h2-3,10,14,21-22H,4-5,7-9H2,1H3,(H,23,24)/t10-,14?/m0/s1. The summed E-state index contributed by atoms with van der Waals surface area (Å²) in [5, 5.41) is 38.1. The Kier molecular flexibility index (Phi) is 6.14. The van der Waals surface area contributed by atoms with Crippen molar-refractivity contribution in [3.8, 4) is 11.8 Å². The molecule has 136 valence electrons. The Balaban J connectivity index is 2.18. The van der Waals surface area contributed by atoms with Gasteiger partial charge in [-0.05, 0) is 12.1 Å². The molecule has 1 heterocycles. The summed E-state index contributed by atoms with van der Waals surface area (Å²) in [5.41, 5.74) is -0.0220. The molecule has 1 aromatic rings. The number of carbonyl (C=O) groups is 1. The molecule has 2 atom stereocenters. The molecule has 0 radical (unpaired) electrons. The number of nitrogens with zero attached hydrogens (tertiary/aromatic N) is 3. The number of nitriles is 1. The van der Waals surface area contributed by atoms with E-state index >= 15 is 0 Å². The average molecular weight is 353 g/mol. The van der Waals surface area contributed by atoms with Crippen molar-refractivity contribution in [3.05, 3.63) is 29.1 Å². The maximum absolute atomic E-state index is 13.7. The number of benzene rings is 1. The topological polar surface area (TPSA) is 117 Å². The molecule has 0 spiro atoms. The second-order valence-corrected chi connectivity index (χ2v) is 5.73. The van der Waals surface area contributed by atoms with Crippen LogP contribution < -0.4 is 4.74 Å². The fraction of sp³-hybridized carbons (Fsp3) is 0.500. The van der Waals surface area contributed by atoms with Gasteiger partial charge in [-0.1, -0.05) is 0 Å². The number of hydrogen-bond acceptors (Lipinski definition) is 6. The first-order valence-electron chi connectivity index (χ1n) is 7.70. The quantitative estimate of drug-likeness (QED) is 0.701. The highest BCUT2D eigenvalue weighted by molar-refractivity contribution is 5.65. The first-order chi connectivity index (χ1) is 11.9. The van der Waals surface area contributed by atoms with E-state index in [1.165, 1.54) is 18.1 Å².